The number of aromatic nitrogens is 2. The summed E-state index contributed by atoms with van der Waals surface area (Å²) in [7, 11) is 1.31. The van der Waals surface area contributed by atoms with E-state index in [0.29, 0.717) is 28.1 Å². The molecule has 6 heteroatoms. The molecule has 0 atom stereocenters. The maximum Gasteiger partial charge on any atom is 0.338 e. The van der Waals surface area contributed by atoms with Crippen molar-refractivity contribution in [1.82, 2.24) is 9.97 Å². The molecule has 0 fully saturated rings. The van der Waals surface area contributed by atoms with Gasteiger partial charge in [-0.25, -0.2) is 9.78 Å². The first-order chi connectivity index (χ1) is 10.7. The molecule has 2 N–H and O–H groups in total. The average molecular weight is 294 g/mol. The van der Waals surface area contributed by atoms with E-state index in [4.69, 9.17) is 0 Å². The van der Waals surface area contributed by atoms with Crippen molar-refractivity contribution in [3.8, 4) is 0 Å². The second-order valence-corrected chi connectivity index (χ2v) is 4.54. The molecule has 0 aliphatic heterocycles. The zero-order valence-electron chi connectivity index (χ0n) is 11.7. The third-order valence-corrected chi connectivity index (χ3v) is 3.09. The Bertz CT molecular complexity index is 885. The third-order valence-electron chi connectivity index (χ3n) is 3.09. The highest BCUT2D eigenvalue weighted by Gasteiger charge is 2.06. The van der Waals surface area contributed by atoms with Crippen LogP contribution in [0.5, 0.6) is 0 Å². The highest BCUT2D eigenvalue weighted by atomic mass is 16.5. The predicted molar refractivity (Wildman–Crippen MR) is 82.3 cm³/mol. The maximum absolute atomic E-state index is 12.0. The van der Waals surface area contributed by atoms with E-state index in [1.165, 1.54) is 7.11 Å². The second kappa shape index (κ2) is 5.69. The zero-order chi connectivity index (χ0) is 15.5. The molecule has 0 saturated heterocycles. The van der Waals surface area contributed by atoms with Crippen LogP contribution in [-0.2, 0) is 4.74 Å². The minimum atomic E-state index is -0.455. The van der Waals surface area contributed by atoms with E-state index in [2.05, 4.69) is 26.1 Å². The van der Waals surface area contributed by atoms with Crippen LogP contribution in [0.15, 0.2) is 47.3 Å². The van der Waals surface area contributed by atoms with Crippen molar-refractivity contribution in [3.05, 3.63) is 64.4 Å². The first kappa shape index (κ1) is 13.8. The maximum atomic E-state index is 12.0. The van der Waals surface area contributed by atoms with Gasteiger partial charge in [-0.15, -0.1) is 0 Å². The predicted octanol–water partition coefficient (Wildman–Crippen LogP) is 2.25. The van der Waals surface area contributed by atoms with Crippen molar-refractivity contribution in [2.45, 2.75) is 0 Å². The summed E-state index contributed by atoms with van der Waals surface area (Å²) in [4.78, 5) is 30.3. The van der Waals surface area contributed by atoms with Gasteiger partial charge in [0, 0.05) is 5.69 Å². The Morgan fingerprint density at radius 1 is 1.27 bits per heavy atom. The fourth-order valence-corrected chi connectivity index (χ4v) is 2.02. The number of hydrogen-bond acceptors (Lipinski definition) is 5. The molecule has 0 bridgehead atoms. The van der Waals surface area contributed by atoms with E-state index in [9.17, 15) is 9.59 Å². The monoisotopic (exact) mass is 294 g/mol. The van der Waals surface area contributed by atoms with Gasteiger partial charge in [0.25, 0.3) is 5.56 Å². The van der Waals surface area contributed by atoms with Crippen LogP contribution in [0.25, 0.3) is 10.9 Å². The third kappa shape index (κ3) is 2.67. The lowest BCUT2D eigenvalue weighted by atomic mass is 10.2. The second-order valence-electron chi connectivity index (χ2n) is 4.54. The van der Waals surface area contributed by atoms with Crippen LogP contribution in [0.1, 0.15) is 10.4 Å². The lowest BCUT2D eigenvalue weighted by molar-refractivity contribution is 0.0600. The molecule has 0 saturated carbocycles. The van der Waals surface area contributed by atoms with Crippen molar-refractivity contribution in [1.29, 1.82) is 0 Å². The summed E-state index contributed by atoms with van der Waals surface area (Å²) < 4.78 is 4.61. The number of hydrogen-bond donors (Lipinski definition) is 2. The number of aromatic amines is 1. The smallest absolute Gasteiger partial charge is 0.338 e. The van der Waals surface area contributed by atoms with E-state index in [1.54, 1.807) is 36.4 Å². The Labute approximate surface area is 125 Å². The number of para-hydroxylation sites is 1. The van der Waals surface area contributed by atoms with Crippen LogP contribution >= 0.6 is 0 Å². The molecule has 1 heterocycles. The molecule has 3 rings (SSSR count). The summed E-state index contributed by atoms with van der Waals surface area (Å²) in [6.07, 6.45) is 0. The topological polar surface area (TPSA) is 84.1 Å². The number of carbonyl (C=O) groups is 1. The van der Waals surface area contributed by atoms with Gasteiger partial charge >= 0.3 is 5.97 Å². The van der Waals surface area contributed by atoms with Crippen molar-refractivity contribution >= 4 is 28.5 Å². The minimum Gasteiger partial charge on any atom is -0.465 e. The van der Waals surface area contributed by atoms with Gasteiger partial charge in [0.05, 0.1) is 23.6 Å². The van der Waals surface area contributed by atoms with Gasteiger partial charge in [0.15, 0.2) is 0 Å². The number of carbonyl (C=O) groups excluding carboxylic acids is 1. The van der Waals surface area contributed by atoms with Crippen molar-refractivity contribution in [3.63, 3.8) is 0 Å². The molecule has 109 valence electrons. The first-order valence-corrected chi connectivity index (χ1v) is 6.53. The summed E-state index contributed by atoms with van der Waals surface area (Å²) >= 11 is 0. The van der Waals surface area contributed by atoms with Gasteiger partial charge in [0.1, 0.15) is 0 Å². The summed E-state index contributed by atoms with van der Waals surface area (Å²) in [6.45, 7) is 0. The Kier molecular flexibility index (Phi) is 3.57. The number of esters is 1. The summed E-state index contributed by atoms with van der Waals surface area (Å²) in [5, 5.41) is 3.50. The number of ether oxygens (including phenoxy) is 1. The quantitative estimate of drug-likeness (QED) is 0.724. The number of H-pyrrole nitrogens is 1. The Morgan fingerprint density at radius 2 is 2.09 bits per heavy atom. The summed E-state index contributed by atoms with van der Waals surface area (Å²) in [5.74, 6) is -0.133. The van der Waals surface area contributed by atoms with Gasteiger partial charge < -0.3 is 10.1 Å². The molecule has 2 aromatic carbocycles. The first-order valence-electron chi connectivity index (χ1n) is 6.53. The molecular weight excluding hydrogens is 282 g/mol. The number of rotatable bonds is 3. The van der Waals surface area contributed by atoms with Gasteiger partial charge in [-0.3, -0.25) is 9.78 Å². The van der Waals surface area contributed by atoms with Gasteiger partial charge in [-0.2, -0.15) is 0 Å². The van der Waals surface area contributed by atoms with E-state index < -0.39 is 5.97 Å². The lowest BCUT2D eigenvalue weighted by Gasteiger charge is -2.06. The van der Waals surface area contributed by atoms with E-state index in [1.807, 2.05) is 6.07 Å². The fraction of sp³-hybridized carbons (Fsp3) is 0.0625. The standard InChI is InChI=1S/C16H12N3O3/c1-22-15(21)10-6-8-11(9-7-10)17-16-18-13-5-3-2-4-12(13)14(20)19-16/h2-6,8-9H,1H3,(H2,17,18,19,20). The zero-order valence-corrected chi connectivity index (χ0v) is 11.7. The fourth-order valence-electron chi connectivity index (χ4n) is 2.02. The minimum absolute atomic E-state index is 0.219. The molecule has 1 radical (unpaired) electrons. The number of fused-ring (bicyclic) bond motifs is 1. The molecule has 6 nitrogen and oxygen atoms in total. The molecule has 0 aliphatic carbocycles. The number of nitrogens with zero attached hydrogens (tertiary/aromatic N) is 1. The summed E-state index contributed by atoms with van der Waals surface area (Å²) in [5.41, 5.74) is 1.35. The number of nitrogens with one attached hydrogen (secondary N) is 2. The van der Waals surface area contributed by atoms with Crippen LogP contribution < -0.4 is 10.9 Å². The number of methoxy groups -OCH3 is 1. The Balaban J connectivity index is 1.90. The molecule has 0 unspecified atom stereocenters. The van der Waals surface area contributed by atoms with Crippen LogP contribution in [0, 0.1) is 6.07 Å². The van der Waals surface area contributed by atoms with Gasteiger partial charge in [-0.1, -0.05) is 12.1 Å². The number of benzene rings is 2. The van der Waals surface area contributed by atoms with Crippen LogP contribution in [0.3, 0.4) is 0 Å². The largest absolute Gasteiger partial charge is 0.465 e. The molecular formula is C16H12N3O3. The van der Waals surface area contributed by atoms with E-state index in [-0.39, 0.29) is 5.56 Å². The molecule has 0 aliphatic rings. The Morgan fingerprint density at radius 3 is 2.82 bits per heavy atom. The average Bonchev–Trinajstić information content (AvgIpc) is 2.55. The van der Waals surface area contributed by atoms with Crippen molar-refractivity contribution < 1.29 is 9.53 Å². The highest BCUT2D eigenvalue weighted by molar-refractivity contribution is 5.89. The highest BCUT2D eigenvalue weighted by Crippen LogP contribution is 2.15. The van der Waals surface area contributed by atoms with E-state index >= 15 is 0 Å². The van der Waals surface area contributed by atoms with Crippen LogP contribution in [0.2, 0.25) is 0 Å². The van der Waals surface area contributed by atoms with Crippen LogP contribution in [0.4, 0.5) is 11.6 Å². The molecule has 22 heavy (non-hydrogen) atoms. The number of anilines is 2. The molecule has 3 aromatic rings. The van der Waals surface area contributed by atoms with Crippen LogP contribution in [-0.4, -0.2) is 23.0 Å². The normalized spacial score (nSPS) is 10.4. The molecule has 0 spiro atoms. The lowest BCUT2D eigenvalue weighted by Crippen LogP contribution is -2.11. The Hall–Kier alpha value is -3.15. The SMILES string of the molecule is COC(=O)c1[c]cc(Nc2nc3ccccc3c(=O)[nH]2)cc1. The van der Waals surface area contributed by atoms with Gasteiger partial charge in [-0.05, 0) is 36.4 Å². The van der Waals surface area contributed by atoms with E-state index in [0.717, 1.165) is 0 Å². The van der Waals surface area contributed by atoms with Crippen molar-refractivity contribution in [2.24, 2.45) is 0 Å². The molecule has 0 amide bonds. The molecule has 1 aromatic heterocycles. The van der Waals surface area contributed by atoms with Gasteiger partial charge in [0.2, 0.25) is 5.95 Å². The van der Waals surface area contributed by atoms with Crippen molar-refractivity contribution in [2.75, 3.05) is 12.4 Å². The summed E-state index contributed by atoms with van der Waals surface area (Å²) in [6, 6.07) is 14.7.